The molecule has 0 N–H and O–H groups in total. The molecule has 1 heterocycles. The highest BCUT2D eigenvalue weighted by Crippen LogP contribution is 2.20. The summed E-state index contributed by atoms with van der Waals surface area (Å²) in [6, 6.07) is 15.9. The van der Waals surface area contributed by atoms with Crippen LogP contribution in [0.15, 0.2) is 48.5 Å². The summed E-state index contributed by atoms with van der Waals surface area (Å²) in [4.78, 5) is 14.6. The molecule has 0 bridgehead atoms. The molecule has 3 aromatic rings. The minimum atomic E-state index is 0.0272. The molecule has 26 heavy (non-hydrogen) atoms. The lowest BCUT2D eigenvalue weighted by Crippen LogP contribution is -2.26. The first-order valence-corrected chi connectivity index (χ1v) is 8.81. The van der Waals surface area contributed by atoms with Crippen LogP contribution in [0.5, 0.6) is 0 Å². The number of aromatic nitrogens is 2. The molecule has 0 unspecified atom stereocenters. The average molecular weight is 347 g/mol. The van der Waals surface area contributed by atoms with Gasteiger partial charge in [-0.05, 0) is 63.1 Å². The zero-order chi connectivity index (χ0) is 18.8. The summed E-state index contributed by atoms with van der Waals surface area (Å²) in [6.45, 7) is 8.67. The van der Waals surface area contributed by atoms with Gasteiger partial charge in [0.25, 0.3) is 5.91 Å². The van der Waals surface area contributed by atoms with Crippen molar-refractivity contribution < 1.29 is 4.79 Å². The van der Waals surface area contributed by atoms with Crippen LogP contribution in [0.25, 0.3) is 5.69 Å². The smallest absolute Gasteiger partial charge is 0.253 e. The molecular formula is C22H25N3O. The van der Waals surface area contributed by atoms with Crippen LogP contribution < -0.4 is 0 Å². The Bertz CT molecular complexity index is 942. The molecule has 0 aliphatic carbocycles. The zero-order valence-corrected chi connectivity index (χ0v) is 16.1. The van der Waals surface area contributed by atoms with Crippen molar-refractivity contribution in [3.05, 3.63) is 82.2 Å². The summed E-state index contributed by atoms with van der Waals surface area (Å²) >= 11 is 0. The van der Waals surface area contributed by atoms with Gasteiger partial charge in [0.15, 0.2) is 0 Å². The largest absolute Gasteiger partial charge is 0.337 e. The third kappa shape index (κ3) is 3.40. The van der Waals surface area contributed by atoms with Crippen molar-refractivity contribution in [3.8, 4) is 5.69 Å². The van der Waals surface area contributed by atoms with Gasteiger partial charge in [-0.25, -0.2) is 4.68 Å². The number of benzene rings is 2. The molecule has 0 atom stereocenters. The van der Waals surface area contributed by atoms with Gasteiger partial charge in [-0.3, -0.25) is 4.79 Å². The van der Waals surface area contributed by atoms with Crippen molar-refractivity contribution in [1.29, 1.82) is 0 Å². The average Bonchev–Trinajstić information content (AvgIpc) is 2.92. The summed E-state index contributed by atoms with van der Waals surface area (Å²) in [6.07, 6.45) is 0. The Morgan fingerprint density at radius 3 is 2.35 bits per heavy atom. The number of rotatable bonds is 4. The fourth-order valence-corrected chi connectivity index (χ4v) is 3.13. The van der Waals surface area contributed by atoms with Gasteiger partial charge in [0.2, 0.25) is 0 Å². The van der Waals surface area contributed by atoms with Gasteiger partial charge in [-0.15, -0.1) is 0 Å². The van der Waals surface area contributed by atoms with E-state index in [0.717, 1.165) is 33.8 Å². The maximum absolute atomic E-state index is 12.8. The van der Waals surface area contributed by atoms with Crippen molar-refractivity contribution in [1.82, 2.24) is 14.7 Å². The molecule has 0 saturated carbocycles. The van der Waals surface area contributed by atoms with E-state index in [1.54, 1.807) is 4.90 Å². The second-order valence-electron chi connectivity index (χ2n) is 6.86. The van der Waals surface area contributed by atoms with Crippen LogP contribution in [0.4, 0.5) is 0 Å². The van der Waals surface area contributed by atoms with Gasteiger partial charge >= 0.3 is 0 Å². The summed E-state index contributed by atoms with van der Waals surface area (Å²) < 4.78 is 1.94. The van der Waals surface area contributed by atoms with Crippen molar-refractivity contribution in [2.24, 2.45) is 0 Å². The Balaban J connectivity index is 1.85. The predicted octanol–water partition coefficient (Wildman–Crippen LogP) is 4.38. The van der Waals surface area contributed by atoms with E-state index >= 15 is 0 Å². The highest BCUT2D eigenvalue weighted by molar-refractivity contribution is 5.94. The van der Waals surface area contributed by atoms with Gasteiger partial charge in [-0.1, -0.05) is 24.3 Å². The first kappa shape index (κ1) is 17.9. The summed E-state index contributed by atoms with van der Waals surface area (Å²) in [5.74, 6) is 0.0272. The number of hydrogen-bond donors (Lipinski definition) is 0. The maximum atomic E-state index is 12.8. The fraction of sp³-hybridized carbons (Fsp3) is 0.273. The Morgan fingerprint density at radius 1 is 1.00 bits per heavy atom. The molecule has 1 amide bonds. The van der Waals surface area contributed by atoms with Gasteiger partial charge in [0, 0.05) is 30.4 Å². The monoisotopic (exact) mass is 347 g/mol. The Morgan fingerprint density at radius 2 is 1.69 bits per heavy atom. The molecule has 0 aliphatic heterocycles. The maximum Gasteiger partial charge on any atom is 0.253 e. The summed E-state index contributed by atoms with van der Waals surface area (Å²) in [5, 5.41) is 4.67. The van der Waals surface area contributed by atoms with Crippen LogP contribution in [-0.2, 0) is 6.54 Å². The number of para-hydroxylation sites is 1. The number of carbonyl (C=O) groups excluding carboxylic acids is 1. The van der Waals surface area contributed by atoms with E-state index in [9.17, 15) is 4.79 Å². The standard InChI is InChI=1S/C22H25N3O/c1-15-11-12-19(13-16(15)2)22(26)24(5)14-21-17(3)23-25(18(21)4)20-9-7-6-8-10-20/h6-13H,14H2,1-5H3. The third-order valence-corrected chi connectivity index (χ3v) is 4.94. The quantitative estimate of drug-likeness (QED) is 0.702. The van der Waals surface area contributed by atoms with Crippen LogP contribution in [0.1, 0.15) is 38.4 Å². The molecule has 0 saturated heterocycles. The number of aryl methyl sites for hydroxylation is 3. The molecule has 134 valence electrons. The van der Waals surface area contributed by atoms with E-state index in [1.165, 1.54) is 5.56 Å². The topological polar surface area (TPSA) is 38.1 Å². The van der Waals surface area contributed by atoms with Crippen molar-refractivity contribution in [3.63, 3.8) is 0 Å². The van der Waals surface area contributed by atoms with E-state index in [-0.39, 0.29) is 5.91 Å². The molecule has 0 radical (unpaired) electrons. The van der Waals surface area contributed by atoms with Crippen LogP contribution in [0.3, 0.4) is 0 Å². The minimum absolute atomic E-state index is 0.0272. The van der Waals surface area contributed by atoms with Crippen molar-refractivity contribution >= 4 is 5.91 Å². The normalized spacial score (nSPS) is 10.8. The second kappa shape index (κ2) is 7.16. The van der Waals surface area contributed by atoms with Crippen molar-refractivity contribution in [2.75, 3.05) is 7.05 Å². The number of nitrogens with zero attached hydrogens (tertiary/aromatic N) is 3. The van der Waals surface area contributed by atoms with Crippen LogP contribution in [-0.4, -0.2) is 27.6 Å². The van der Waals surface area contributed by atoms with Crippen LogP contribution >= 0.6 is 0 Å². The Kier molecular flexibility index (Phi) is 4.94. The molecule has 4 heteroatoms. The lowest BCUT2D eigenvalue weighted by atomic mass is 10.1. The van der Waals surface area contributed by atoms with Crippen molar-refractivity contribution in [2.45, 2.75) is 34.2 Å². The Labute approximate surface area is 155 Å². The summed E-state index contributed by atoms with van der Waals surface area (Å²) in [7, 11) is 1.84. The molecule has 1 aromatic heterocycles. The molecule has 0 fully saturated rings. The van der Waals surface area contributed by atoms with Crippen LogP contribution in [0, 0.1) is 27.7 Å². The fourth-order valence-electron chi connectivity index (χ4n) is 3.13. The van der Waals surface area contributed by atoms with Crippen LogP contribution in [0.2, 0.25) is 0 Å². The number of carbonyl (C=O) groups is 1. The van der Waals surface area contributed by atoms with E-state index in [2.05, 4.69) is 18.9 Å². The highest BCUT2D eigenvalue weighted by Gasteiger charge is 2.18. The van der Waals surface area contributed by atoms with E-state index in [0.29, 0.717) is 6.54 Å². The highest BCUT2D eigenvalue weighted by atomic mass is 16.2. The van der Waals surface area contributed by atoms with E-state index < -0.39 is 0 Å². The number of hydrogen-bond acceptors (Lipinski definition) is 2. The first-order valence-electron chi connectivity index (χ1n) is 8.81. The Hall–Kier alpha value is -2.88. The SMILES string of the molecule is Cc1ccc(C(=O)N(C)Cc2c(C)nn(-c3ccccc3)c2C)cc1C. The molecule has 4 nitrogen and oxygen atoms in total. The van der Waals surface area contributed by atoms with E-state index in [4.69, 9.17) is 0 Å². The molecule has 2 aromatic carbocycles. The van der Waals surface area contributed by atoms with Gasteiger partial charge in [0.05, 0.1) is 11.4 Å². The van der Waals surface area contributed by atoms with Gasteiger partial charge in [-0.2, -0.15) is 5.10 Å². The minimum Gasteiger partial charge on any atom is -0.337 e. The molecule has 0 spiro atoms. The zero-order valence-electron chi connectivity index (χ0n) is 16.1. The third-order valence-electron chi connectivity index (χ3n) is 4.94. The first-order chi connectivity index (χ1) is 12.4. The lowest BCUT2D eigenvalue weighted by molar-refractivity contribution is 0.0784. The van der Waals surface area contributed by atoms with Gasteiger partial charge < -0.3 is 4.90 Å². The lowest BCUT2D eigenvalue weighted by Gasteiger charge is -2.18. The molecule has 0 aliphatic rings. The second-order valence-corrected chi connectivity index (χ2v) is 6.86. The number of amides is 1. The molecular weight excluding hydrogens is 322 g/mol. The van der Waals surface area contributed by atoms with E-state index in [1.807, 2.05) is 74.1 Å². The summed E-state index contributed by atoms with van der Waals surface area (Å²) in [5.41, 5.74) is 7.19. The van der Waals surface area contributed by atoms with Gasteiger partial charge in [0.1, 0.15) is 0 Å². The predicted molar refractivity (Wildman–Crippen MR) is 105 cm³/mol. The molecule has 3 rings (SSSR count).